The number of rotatable bonds is 6. The number of Topliss-reactive ketones (excluding diaryl/α,β-unsaturated/α-hetero) is 1. The SMILES string of the molecule is COc1ccccc1CCNC(=O)c1[nH]c(C)c(C(C)=O)c1C. The van der Waals surface area contributed by atoms with Gasteiger partial charge in [0.1, 0.15) is 11.4 Å². The first kappa shape index (κ1) is 16.8. The molecule has 0 aliphatic rings. The van der Waals surface area contributed by atoms with Crippen LogP contribution in [0.25, 0.3) is 0 Å². The number of H-pyrrole nitrogens is 1. The van der Waals surface area contributed by atoms with Crippen molar-refractivity contribution in [1.82, 2.24) is 10.3 Å². The number of amides is 1. The van der Waals surface area contributed by atoms with E-state index in [1.54, 1.807) is 21.0 Å². The molecule has 23 heavy (non-hydrogen) atoms. The molecule has 2 rings (SSSR count). The summed E-state index contributed by atoms with van der Waals surface area (Å²) in [6, 6.07) is 7.73. The maximum atomic E-state index is 12.3. The number of aromatic amines is 1. The number of para-hydroxylation sites is 1. The van der Waals surface area contributed by atoms with Crippen LogP contribution in [-0.4, -0.2) is 30.3 Å². The van der Waals surface area contributed by atoms with E-state index in [4.69, 9.17) is 4.74 Å². The highest BCUT2D eigenvalue weighted by Gasteiger charge is 2.19. The number of aryl methyl sites for hydroxylation is 1. The summed E-state index contributed by atoms with van der Waals surface area (Å²) in [4.78, 5) is 26.9. The Morgan fingerprint density at radius 3 is 2.52 bits per heavy atom. The molecular formula is C18H22N2O3. The zero-order valence-electron chi connectivity index (χ0n) is 13.9. The number of ketones is 1. The van der Waals surface area contributed by atoms with Gasteiger partial charge < -0.3 is 15.0 Å². The smallest absolute Gasteiger partial charge is 0.268 e. The van der Waals surface area contributed by atoms with Crippen LogP contribution in [0.3, 0.4) is 0 Å². The maximum Gasteiger partial charge on any atom is 0.268 e. The van der Waals surface area contributed by atoms with Gasteiger partial charge in [-0.2, -0.15) is 0 Å². The number of hydrogen-bond donors (Lipinski definition) is 2. The molecule has 0 saturated carbocycles. The standard InChI is InChI=1S/C18H22N2O3/c1-11-16(13(3)21)12(2)20-17(11)18(22)19-10-9-14-7-5-6-8-15(14)23-4/h5-8,20H,9-10H2,1-4H3,(H,19,22). The minimum atomic E-state index is -0.201. The monoisotopic (exact) mass is 314 g/mol. The van der Waals surface area contributed by atoms with Crippen LogP contribution in [-0.2, 0) is 6.42 Å². The third-order valence-electron chi connectivity index (χ3n) is 3.89. The lowest BCUT2D eigenvalue weighted by Gasteiger charge is -2.09. The van der Waals surface area contributed by atoms with E-state index in [-0.39, 0.29) is 11.7 Å². The van der Waals surface area contributed by atoms with Crippen molar-refractivity contribution in [3.8, 4) is 5.75 Å². The van der Waals surface area contributed by atoms with E-state index in [0.29, 0.717) is 29.8 Å². The molecule has 0 unspecified atom stereocenters. The van der Waals surface area contributed by atoms with Gasteiger partial charge in [-0.1, -0.05) is 18.2 Å². The molecule has 1 aromatic carbocycles. The van der Waals surface area contributed by atoms with Crippen molar-refractivity contribution in [2.24, 2.45) is 0 Å². The van der Waals surface area contributed by atoms with Crippen LogP contribution in [0.4, 0.5) is 0 Å². The zero-order chi connectivity index (χ0) is 17.0. The lowest BCUT2D eigenvalue weighted by atomic mass is 10.1. The molecule has 1 heterocycles. The zero-order valence-corrected chi connectivity index (χ0v) is 13.9. The average molecular weight is 314 g/mol. The summed E-state index contributed by atoms with van der Waals surface area (Å²) in [7, 11) is 1.63. The van der Waals surface area contributed by atoms with E-state index in [1.165, 1.54) is 6.92 Å². The summed E-state index contributed by atoms with van der Waals surface area (Å²) in [5, 5.41) is 2.88. The second-order valence-electron chi connectivity index (χ2n) is 5.50. The molecule has 5 nitrogen and oxygen atoms in total. The average Bonchev–Trinajstić information content (AvgIpc) is 2.82. The largest absolute Gasteiger partial charge is 0.496 e. The van der Waals surface area contributed by atoms with Crippen LogP contribution < -0.4 is 10.1 Å². The number of benzene rings is 1. The molecule has 122 valence electrons. The van der Waals surface area contributed by atoms with Crippen molar-refractivity contribution < 1.29 is 14.3 Å². The number of aromatic nitrogens is 1. The number of carbonyl (C=O) groups excluding carboxylic acids is 2. The van der Waals surface area contributed by atoms with Gasteiger partial charge in [-0.3, -0.25) is 9.59 Å². The number of ether oxygens (including phenoxy) is 1. The molecule has 2 aromatic rings. The van der Waals surface area contributed by atoms with Crippen molar-refractivity contribution in [3.05, 3.63) is 52.3 Å². The van der Waals surface area contributed by atoms with E-state index in [2.05, 4.69) is 10.3 Å². The topological polar surface area (TPSA) is 71.2 Å². The fourth-order valence-electron chi connectivity index (χ4n) is 2.81. The van der Waals surface area contributed by atoms with Gasteiger partial charge in [0.2, 0.25) is 0 Å². The molecule has 2 N–H and O–H groups in total. The van der Waals surface area contributed by atoms with Gasteiger partial charge in [-0.05, 0) is 44.4 Å². The molecule has 0 aliphatic carbocycles. The minimum Gasteiger partial charge on any atom is -0.496 e. The van der Waals surface area contributed by atoms with Crippen LogP contribution >= 0.6 is 0 Å². The summed E-state index contributed by atoms with van der Waals surface area (Å²) in [5.74, 6) is 0.574. The second kappa shape index (κ2) is 7.13. The number of methoxy groups -OCH3 is 1. The Kier molecular flexibility index (Phi) is 5.21. The lowest BCUT2D eigenvalue weighted by Crippen LogP contribution is -2.26. The predicted molar refractivity (Wildman–Crippen MR) is 89.3 cm³/mol. The van der Waals surface area contributed by atoms with E-state index < -0.39 is 0 Å². The van der Waals surface area contributed by atoms with Gasteiger partial charge in [0, 0.05) is 17.8 Å². The number of carbonyl (C=O) groups is 2. The van der Waals surface area contributed by atoms with Gasteiger partial charge in [-0.25, -0.2) is 0 Å². The predicted octanol–water partition coefficient (Wildman–Crippen LogP) is 2.82. The van der Waals surface area contributed by atoms with Crippen LogP contribution in [0.15, 0.2) is 24.3 Å². The number of hydrogen-bond acceptors (Lipinski definition) is 3. The summed E-state index contributed by atoms with van der Waals surface area (Å²) in [6.07, 6.45) is 0.675. The Morgan fingerprint density at radius 1 is 1.22 bits per heavy atom. The van der Waals surface area contributed by atoms with Crippen LogP contribution in [0.1, 0.15) is 44.6 Å². The third kappa shape index (κ3) is 3.62. The molecule has 0 aliphatic heterocycles. The highest BCUT2D eigenvalue weighted by molar-refractivity contribution is 6.02. The lowest BCUT2D eigenvalue weighted by molar-refractivity contribution is 0.0948. The fourth-order valence-corrected chi connectivity index (χ4v) is 2.81. The van der Waals surface area contributed by atoms with Gasteiger partial charge in [0.15, 0.2) is 5.78 Å². The van der Waals surface area contributed by atoms with Crippen molar-refractivity contribution >= 4 is 11.7 Å². The molecule has 1 aromatic heterocycles. The normalized spacial score (nSPS) is 10.4. The highest BCUT2D eigenvalue weighted by atomic mass is 16.5. The van der Waals surface area contributed by atoms with Crippen molar-refractivity contribution in [1.29, 1.82) is 0 Å². The number of nitrogens with one attached hydrogen (secondary N) is 2. The molecule has 0 radical (unpaired) electrons. The fraction of sp³-hybridized carbons (Fsp3) is 0.333. The summed E-state index contributed by atoms with van der Waals surface area (Å²) < 4.78 is 5.30. The van der Waals surface area contributed by atoms with Crippen molar-refractivity contribution in [2.45, 2.75) is 27.2 Å². The first-order valence-electron chi connectivity index (χ1n) is 7.56. The van der Waals surface area contributed by atoms with Crippen LogP contribution in [0.2, 0.25) is 0 Å². The summed E-state index contributed by atoms with van der Waals surface area (Å²) in [5.41, 5.74) is 3.52. The molecule has 0 fully saturated rings. The third-order valence-corrected chi connectivity index (χ3v) is 3.89. The van der Waals surface area contributed by atoms with E-state index in [1.807, 2.05) is 24.3 Å². The molecular weight excluding hydrogens is 292 g/mol. The molecule has 0 bridgehead atoms. The first-order valence-corrected chi connectivity index (χ1v) is 7.56. The van der Waals surface area contributed by atoms with Gasteiger partial charge in [-0.15, -0.1) is 0 Å². The van der Waals surface area contributed by atoms with Gasteiger partial charge >= 0.3 is 0 Å². The Hall–Kier alpha value is -2.56. The van der Waals surface area contributed by atoms with Gasteiger partial charge in [0.25, 0.3) is 5.91 Å². The van der Waals surface area contributed by atoms with Gasteiger partial charge in [0.05, 0.1) is 7.11 Å². The Balaban J connectivity index is 2.03. The molecule has 0 saturated heterocycles. The Bertz CT molecular complexity index is 732. The summed E-state index contributed by atoms with van der Waals surface area (Å²) >= 11 is 0. The Morgan fingerprint density at radius 2 is 1.91 bits per heavy atom. The molecule has 5 heteroatoms. The van der Waals surface area contributed by atoms with Crippen LogP contribution in [0, 0.1) is 13.8 Å². The van der Waals surface area contributed by atoms with E-state index >= 15 is 0 Å². The molecule has 0 atom stereocenters. The van der Waals surface area contributed by atoms with Crippen molar-refractivity contribution in [2.75, 3.05) is 13.7 Å². The first-order chi connectivity index (χ1) is 11.0. The second-order valence-corrected chi connectivity index (χ2v) is 5.50. The van der Waals surface area contributed by atoms with Crippen LogP contribution in [0.5, 0.6) is 5.75 Å². The van der Waals surface area contributed by atoms with E-state index in [0.717, 1.165) is 17.0 Å². The quantitative estimate of drug-likeness (QED) is 0.805. The molecule has 1 amide bonds. The Labute approximate surface area is 136 Å². The van der Waals surface area contributed by atoms with E-state index in [9.17, 15) is 9.59 Å². The minimum absolute atomic E-state index is 0.0377. The van der Waals surface area contributed by atoms with Crippen molar-refractivity contribution in [3.63, 3.8) is 0 Å². The highest BCUT2D eigenvalue weighted by Crippen LogP contribution is 2.19. The maximum absolute atomic E-state index is 12.3. The molecule has 0 spiro atoms. The summed E-state index contributed by atoms with van der Waals surface area (Å²) in [6.45, 7) is 5.59.